The molecule has 0 aromatic carbocycles. The van der Waals surface area contributed by atoms with E-state index in [4.69, 9.17) is 11.6 Å². The molecule has 0 aliphatic rings. The zero-order chi connectivity index (χ0) is 13.1. The molecule has 0 fully saturated rings. The smallest absolute Gasteiger partial charge is 0.370 e. The fraction of sp³-hybridized carbons (Fsp3) is 0.545. The highest BCUT2D eigenvalue weighted by atomic mass is 35.5. The van der Waals surface area contributed by atoms with Crippen LogP contribution < -0.4 is 5.32 Å². The molecule has 0 aliphatic carbocycles. The number of nitrogens with one attached hydrogen (secondary N) is 1. The molecule has 1 heterocycles. The van der Waals surface area contributed by atoms with Crippen LogP contribution in [0.3, 0.4) is 0 Å². The van der Waals surface area contributed by atoms with Gasteiger partial charge >= 0.3 is 6.18 Å². The third-order valence-electron chi connectivity index (χ3n) is 2.15. The van der Waals surface area contributed by atoms with Gasteiger partial charge in [0, 0.05) is 6.54 Å². The van der Waals surface area contributed by atoms with E-state index < -0.39 is 11.7 Å². The second-order valence-electron chi connectivity index (χ2n) is 4.17. The molecule has 1 rings (SSSR count). The SMILES string of the molecule is CC(C)CCNc1cc(C(F)(F)F)cc(Cl)n1. The number of pyridine rings is 1. The summed E-state index contributed by atoms with van der Waals surface area (Å²) >= 11 is 5.55. The number of hydrogen-bond acceptors (Lipinski definition) is 2. The summed E-state index contributed by atoms with van der Waals surface area (Å²) in [6.45, 7) is 4.64. The molecule has 96 valence electrons. The highest BCUT2D eigenvalue weighted by molar-refractivity contribution is 6.29. The first kappa shape index (κ1) is 14.1. The fourth-order valence-corrected chi connectivity index (χ4v) is 1.45. The molecular formula is C11H14ClF3N2. The molecule has 1 aromatic rings. The van der Waals surface area contributed by atoms with Crippen molar-refractivity contribution >= 4 is 17.4 Å². The molecule has 0 unspecified atom stereocenters. The molecule has 0 aliphatic heterocycles. The molecule has 0 spiro atoms. The van der Waals surface area contributed by atoms with E-state index in [9.17, 15) is 13.2 Å². The fourth-order valence-electron chi connectivity index (χ4n) is 1.24. The van der Waals surface area contributed by atoms with Crippen molar-refractivity contribution in [2.24, 2.45) is 5.92 Å². The lowest BCUT2D eigenvalue weighted by Crippen LogP contribution is -2.10. The molecule has 2 nitrogen and oxygen atoms in total. The highest BCUT2D eigenvalue weighted by Crippen LogP contribution is 2.31. The van der Waals surface area contributed by atoms with Crippen LogP contribution in [-0.2, 0) is 6.18 Å². The van der Waals surface area contributed by atoms with Gasteiger partial charge in [0.25, 0.3) is 0 Å². The van der Waals surface area contributed by atoms with Gasteiger partial charge in [-0.15, -0.1) is 0 Å². The summed E-state index contributed by atoms with van der Waals surface area (Å²) in [5, 5.41) is 2.67. The van der Waals surface area contributed by atoms with Crippen molar-refractivity contribution in [2.75, 3.05) is 11.9 Å². The van der Waals surface area contributed by atoms with Crippen molar-refractivity contribution in [3.8, 4) is 0 Å². The normalized spacial score (nSPS) is 11.9. The average Bonchev–Trinajstić information content (AvgIpc) is 2.14. The number of anilines is 1. The molecular weight excluding hydrogens is 253 g/mol. The lowest BCUT2D eigenvalue weighted by Gasteiger charge is -2.11. The van der Waals surface area contributed by atoms with Gasteiger partial charge in [-0.2, -0.15) is 13.2 Å². The van der Waals surface area contributed by atoms with Gasteiger partial charge in [-0.25, -0.2) is 4.98 Å². The van der Waals surface area contributed by atoms with Gasteiger partial charge in [-0.05, 0) is 24.5 Å². The van der Waals surface area contributed by atoms with Gasteiger partial charge in [0.05, 0.1) is 5.56 Å². The molecule has 0 radical (unpaired) electrons. The largest absolute Gasteiger partial charge is 0.416 e. The first-order chi connectivity index (χ1) is 7.79. The highest BCUT2D eigenvalue weighted by Gasteiger charge is 2.31. The van der Waals surface area contributed by atoms with Crippen LogP contribution in [0.2, 0.25) is 5.15 Å². The Bertz CT molecular complexity index is 377. The van der Waals surface area contributed by atoms with E-state index in [0.29, 0.717) is 12.5 Å². The molecule has 0 amide bonds. The maximum Gasteiger partial charge on any atom is 0.416 e. The molecule has 1 aromatic heterocycles. The van der Waals surface area contributed by atoms with E-state index in [0.717, 1.165) is 18.6 Å². The second-order valence-corrected chi connectivity index (χ2v) is 4.56. The third-order valence-corrected chi connectivity index (χ3v) is 2.34. The van der Waals surface area contributed by atoms with Gasteiger partial charge in [0.1, 0.15) is 11.0 Å². The second kappa shape index (κ2) is 5.58. The summed E-state index contributed by atoms with van der Waals surface area (Å²) in [6.07, 6.45) is -3.55. The van der Waals surface area contributed by atoms with E-state index in [1.165, 1.54) is 0 Å². The van der Waals surface area contributed by atoms with Crippen LogP contribution in [0.25, 0.3) is 0 Å². The number of rotatable bonds is 4. The molecule has 0 atom stereocenters. The molecule has 0 bridgehead atoms. The number of aromatic nitrogens is 1. The van der Waals surface area contributed by atoms with Gasteiger partial charge < -0.3 is 5.32 Å². The minimum Gasteiger partial charge on any atom is -0.370 e. The van der Waals surface area contributed by atoms with Gasteiger partial charge in [0.2, 0.25) is 0 Å². The third kappa shape index (κ3) is 4.81. The van der Waals surface area contributed by atoms with Crippen LogP contribution in [0.1, 0.15) is 25.8 Å². The van der Waals surface area contributed by atoms with Crippen LogP contribution in [0.15, 0.2) is 12.1 Å². The molecule has 0 saturated carbocycles. The average molecular weight is 267 g/mol. The van der Waals surface area contributed by atoms with Crippen molar-refractivity contribution in [3.05, 3.63) is 22.8 Å². The predicted molar refractivity (Wildman–Crippen MR) is 62.2 cm³/mol. The Morgan fingerprint density at radius 2 is 2.00 bits per heavy atom. The van der Waals surface area contributed by atoms with Gasteiger partial charge in [-0.3, -0.25) is 0 Å². The quantitative estimate of drug-likeness (QED) is 0.826. The zero-order valence-electron chi connectivity index (χ0n) is 9.61. The van der Waals surface area contributed by atoms with Crippen LogP contribution in [-0.4, -0.2) is 11.5 Å². The van der Waals surface area contributed by atoms with Crippen LogP contribution in [0.5, 0.6) is 0 Å². The van der Waals surface area contributed by atoms with Crippen molar-refractivity contribution in [1.29, 1.82) is 0 Å². The summed E-state index contributed by atoms with van der Waals surface area (Å²) in [5.41, 5.74) is -0.787. The number of alkyl halides is 3. The standard InChI is InChI=1S/C11H14ClF3N2/c1-7(2)3-4-16-10-6-8(11(13,14)15)5-9(12)17-10/h5-7H,3-4H2,1-2H3,(H,16,17). The summed E-state index contributed by atoms with van der Waals surface area (Å²) in [4.78, 5) is 3.80. The minimum atomic E-state index is -4.40. The molecule has 17 heavy (non-hydrogen) atoms. The van der Waals surface area contributed by atoms with Crippen LogP contribution >= 0.6 is 11.6 Å². The van der Waals surface area contributed by atoms with E-state index in [-0.39, 0.29) is 11.0 Å². The summed E-state index contributed by atoms with van der Waals surface area (Å²) in [5.74, 6) is 0.634. The Kier molecular flexibility index (Phi) is 4.62. The van der Waals surface area contributed by atoms with E-state index in [2.05, 4.69) is 10.3 Å². The Balaban J connectivity index is 2.76. The first-order valence-corrected chi connectivity index (χ1v) is 5.65. The topological polar surface area (TPSA) is 24.9 Å². The van der Waals surface area contributed by atoms with Crippen molar-refractivity contribution in [3.63, 3.8) is 0 Å². The Morgan fingerprint density at radius 1 is 1.35 bits per heavy atom. The molecule has 0 saturated heterocycles. The van der Waals surface area contributed by atoms with E-state index in [1.54, 1.807) is 0 Å². The Morgan fingerprint density at radius 3 is 2.53 bits per heavy atom. The lowest BCUT2D eigenvalue weighted by molar-refractivity contribution is -0.137. The lowest BCUT2D eigenvalue weighted by atomic mass is 10.1. The summed E-state index contributed by atoms with van der Waals surface area (Å²) in [7, 11) is 0. The maximum atomic E-state index is 12.5. The van der Waals surface area contributed by atoms with E-state index >= 15 is 0 Å². The maximum absolute atomic E-state index is 12.5. The van der Waals surface area contributed by atoms with Crippen molar-refractivity contribution in [1.82, 2.24) is 4.98 Å². The molecule has 1 N–H and O–H groups in total. The zero-order valence-corrected chi connectivity index (χ0v) is 10.4. The summed E-state index contributed by atoms with van der Waals surface area (Å²) in [6, 6.07) is 1.78. The number of halogens is 4. The van der Waals surface area contributed by atoms with Gasteiger partial charge in [0.15, 0.2) is 0 Å². The first-order valence-electron chi connectivity index (χ1n) is 5.27. The Hall–Kier alpha value is -0.970. The predicted octanol–water partition coefficient (Wildman–Crippen LogP) is 4.21. The molecule has 6 heteroatoms. The van der Waals surface area contributed by atoms with Crippen molar-refractivity contribution < 1.29 is 13.2 Å². The number of nitrogens with zero attached hydrogens (tertiary/aromatic N) is 1. The van der Waals surface area contributed by atoms with Crippen LogP contribution in [0, 0.1) is 5.92 Å². The van der Waals surface area contributed by atoms with E-state index in [1.807, 2.05) is 13.8 Å². The minimum absolute atomic E-state index is 0.158. The Labute approximate surface area is 103 Å². The summed E-state index contributed by atoms with van der Waals surface area (Å²) < 4.78 is 37.5. The van der Waals surface area contributed by atoms with Crippen LogP contribution in [0.4, 0.5) is 19.0 Å². The van der Waals surface area contributed by atoms with Crippen molar-refractivity contribution in [2.45, 2.75) is 26.4 Å². The number of hydrogen-bond donors (Lipinski definition) is 1. The monoisotopic (exact) mass is 266 g/mol. The van der Waals surface area contributed by atoms with Gasteiger partial charge in [-0.1, -0.05) is 25.4 Å².